The van der Waals surface area contributed by atoms with Gasteiger partial charge in [-0.15, -0.1) is 0 Å². The third kappa shape index (κ3) is 4.97. The van der Waals surface area contributed by atoms with Crippen LogP contribution in [0.2, 0.25) is 5.15 Å². The molecule has 0 aliphatic rings. The van der Waals surface area contributed by atoms with Gasteiger partial charge in [0.05, 0.1) is 12.6 Å². The molecule has 0 aliphatic carbocycles. The molecule has 0 aliphatic heterocycles. The highest BCUT2D eigenvalue weighted by molar-refractivity contribution is 6.29. The van der Waals surface area contributed by atoms with Crippen molar-refractivity contribution in [1.82, 2.24) is 9.97 Å². The predicted octanol–water partition coefficient (Wildman–Crippen LogP) is 2.29. The molecule has 6 heteroatoms. The van der Waals surface area contributed by atoms with Crippen molar-refractivity contribution < 1.29 is 9.84 Å². The van der Waals surface area contributed by atoms with Crippen LogP contribution in [0.4, 0.5) is 5.82 Å². The summed E-state index contributed by atoms with van der Waals surface area (Å²) in [5.41, 5.74) is 1.14. The van der Waals surface area contributed by atoms with Crippen LogP contribution in [0.25, 0.3) is 0 Å². The van der Waals surface area contributed by atoms with Crippen LogP contribution < -0.4 is 5.32 Å². The fourth-order valence-corrected chi connectivity index (χ4v) is 2.20. The zero-order valence-electron chi connectivity index (χ0n) is 11.8. The van der Waals surface area contributed by atoms with Crippen LogP contribution in [-0.2, 0) is 17.8 Å². The Hall–Kier alpha value is -1.69. The summed E-state index contributed by atoms with van der Waals surface area (Å²) in [5, 5.41) is 13.0. The zero-order chi connectivity index (χ0) is 15.1. The quantitative estimate of drug-likeness (QED) is 0.768. The first kappa shape index (κ1) is 15.7. The molecule has 1 heterocycles. The Morgan fingerprint density at radius 3 is 2.71 bits per heavy atom. The van der Waals surface area contributed by atoms with Crippen LogP contribution >= 0.6 is 11.6 Å². The van der Waals surface area contributed by atoms with Gasteiger partial charge in [-0.05, 0) is 12.0 Å². The van der Waals surface area contributed by atoms with Gasteiger partial charge in [0.1, 0.15) is 17.6 Å². The topological polar surface area (TPSA) is 67.3 Å². The van der Waals surface area contributed by atoms with Crippen molar-refractivity contribution in [1.29, 1.82) is 0 Å². The van der Waals surface area contributed by atoms with Crippen molar-refractivity contribution in [3.05, 3.63) is 52.9 Å². The summed E-state index contributed by atoms with van der Waals surface area (Å²) in [7, 11) is 1.57. The van der Waals surface area contributed by atoms with Crippen LogP contribution in [0.3, 0.4) is 0 Å². The van der Waals surface area contributed by atoms with Gasteiger partial charge < -0.3 is 15.2 Å². The average molecular weight is 308 g/mol. The van der Waals surface area contributed by atoms with Crippen molar-refractivity contribution >= 4 is 17.4 Å². The zero-order valence-corrected chi connectivity index (χ0v) is 12.5. The van der Waals surface area contributed by atoms with Crippen LogP contribution in [0, 0.1) is 0 Å². The third-order valence-corrected chi connectivity index (χ3v) is 3.11. The molecular weight excluding hydrogens is 290 g/mol. The highest BCUT2D eigenvalue weighted by Gasteiger charge is 2.11. The molecule has 0 bridgehead atoms. The molecule has 5 nitrogen and oxygen atoms in total. The molecular formula is C15H18ClN3O2. The lowest BCUT2D eigenvalue weighted by Crippen LogP contribution is -2.27. The Morgan fingerprint density at radius 1 is 1.29 bits per heavy atom. The second-order valence-electron chi connectivity index (χ2n) is 4.64. The van der Waals surface area contributed by atoms with Crippen LogP contribution in [-0.4, -0.2) is 34.8 Å². The molecule has 2 rings (SSSR count). The standard InChI is InChI=1S/C15H18ClN3O2/c1-21-10-15-18-13(16)8-14(19-15)17-12(9-20)7-11-5-3-2-4-6-11/h2-6,8,12,20H,7,9-10H2,1H3,(H,17,18,19). The van der Waals surface area contributed by atoms with Gasteiger partial charge in [0.25, 0.3) is 0 Å². The van der Waals surface area contributed by atoms with Gasteiger partial charge in [-0.2, -0.15) is 0 Å². The summed E-state index contributed by atoms with van der Waals surface area (Å²) in [6.07, 6.45) is 0.693. The Labute approximate surface area is 129 Å². The fourth-order valence-electron chi connectivity index (χ4n) is 2.00. The van der Waals surface area contributed by atoms with E-state index in [9.17, 15) is 5.11 Å². The summed E-state index contributed by atoms with van der Waals surface area (Å²) in [6, 6.07) is 11.4. The number of nitrogens with zero attached hydrogens (tertiary/aromatic N) is 2. The van der Waals surface area contributed by atoms with Crippen molar-refractivity contribution in [3.63, 3.8) is 0 Å². The minimum atomic E-state index is -0.145. The molecule has 1 aromatic carbocycles. The number of nitrogens with one attached hydrogen (secondary N) is 1. The number of hydrogen-bond donors (Lipinski definition) is 2. The van der Waals surface area contributed by atoms with Gasteiger partial charge >= 0.3 is 0 Å². The highest BCUT2D eigenvalue weighted by atomic mass is 35.5. The second kappa shape index (κ2) is 7.93. The number of ether oxygens (including phenoxy) is 1. The number of aromatic nitrogens is 2. The van der Waals surface area contributed by atoms with Gasteiger partial charge in [0.15, 0.2) is 5.82 Å². The summed E-state index contributed by atoms with van der Waals surface area (Å²) in [5.74, 6) is 1.08. The van der Waals surface area contributed by atoms with Crippen molar-refractivity contribution in [2.24, 2.45) is 0 Å². The number of hydrogen-bond acceptors (Lipinski definition) is 5. The Bertz CT molecular complexity index is 566. The van der Waals surface area contributed by atoms with E-state index in [2.05, 4.69) is 15.3 Å². The minimum absolute atomic E-state index is 0.00384. The molecule has 2 N–H and O–H groups in total. The van der Waals surface area contributed by atoms with Crippen LogP contribution in [0.5, 0.6) is 0 Å². The lowest BCUT2D eigenvalue weighted by molar-refractivity contribution is 0.178. The molecule has 1 atom stereocenters. The first-order valence-electron chi connectivity index (χ1n) is 6.65. The largest absolute Gasteiger partial charge is 0.394 e. The van der Waals surface area contributed by atoms with E-state index in [-0.39, 0.29) is 19.3 Å². The van der Waals surface area contributed by atoms with E-state index in [1.807, 2.05) is 30.3 Å². The second-order valence-corrected chi connectivity index (χ2v) is 5.03. The molecule has 1 aromatic heterocycles. The van der Waals surface area contributed by atoms with E-state index < -0.39 is 0 Å². The number of anilines is 1. The average Bonchev–Trinajstić information content (AvgIpc) is 2.47. The normalized spacial score (nSPS) is 12.1. The van der Waals surface area contributed by atoms with E-state index >= 15 is 0 Å². The lowest BCUT2D eigenvalue weighted by atomic mass is 10.1. The molecule has 2 aromatic rings. The van der Waals surface area contributed by atoms with E-state index in [1.54, 1.807) is 13.2 Å². The Balaban J connectivity index is 2.07. The monoisotopic (exact) mass is 307 g/mol. The van der Waals surface area contributed by atoms with Crippen molar-refractivity contribution in [2.75, 3.05) is 19.0 Å². The lowest BCUT2D eigenvalue weighted by Gasteiger charge is -2.17. The molecule has 0 saturated heterocycles. The minimum Gasteiger partial charge on any atom is -0.394 e. The number of benzene rings is 1. The summed E-state index contributed by atoms with van der Waals surface area (Å²) in [6.45, 7) is 0.286. The number of rotatable bonds is 7. The van der Waals surface area contributed by atoms with Gasteiger partial charge in [0.2, 0.25) is 0 Å². The molecule has 1 unspecified atom stereocenters. The Morgan fingerprint density at radius 2 is 2.05 bits per heavy atom. The highest BCUT2D eigenvalue weighted by Crippen LogP contribution is 2.14. The molecule has 112 valence electrons. The van der Waals surface area contributed by atoms with Gasteiger partial charge in [-0.3, -0.25) is 0 Å². The Kier molecular flexibility index (Phi) is 5.92. The fraction of sp³-hybridized carbons (Fsp3) is 0.333. The van der Waals surface area contributed by atoms with E-state index in [1.165, 1.54) is 0 Å². The predicted molar refractivity (Wildman–Crippen MR) is 82.4 cm³/mol. The van der Waals surface area contributed by atoms with Gasteiger partial charge in [0, 0.05) is 13.2 Å². The van der Waals surface area contributed by atoms with E-state index in [0.717, 1.165) is 5.56 Å². The first-order chi connectivity index (χ1) is 10.2. The maximum absolute atomic E-state index is 9.53. The molecule has 0 radical (unpaired) electrons. The number of methoxy groups -OCH3 is 1. The van der Waals surface area contributed by atoms with Gasteiger partial charge in [-0.1, -0.05) is 41.9 Å². The van der Waals surface area contributed by atoms with Gasteiger partial charge in [-0.25, -0.2) is 9.97 Å². The number of aliphatic hydroxyl groups is 1. The summed E-state index contributed by atoms with van der Waals surface area (Å²) < 4.78 is 5.00. The molecule has 0 spiro atoms. The molecule has 0 amide bonds. The van der Waals surface area contributed by atoms with Crippen molar-refractivity contribution in [2.45, 2.75) is 19.1 Å². The first-order valence-corrected chi connectivity index (χ1v) is 7.02. The maximum atomic E-state index is 9.53. The maximum Gasteiger partial charge on any atom is 0.158 e. The third-order valence-electron chi connectivity index (χ3n) is 2.91. The van der Waals surface area contributed by atoms with Crippen LogP contribution in [0.15, 0.2) is 36.4 Å². The molecule has 0 saturated carbocycles. The van der Waals surface area contributed by atoms with Crippen LogP contribution in [0.1, 0.15) is 11.4 Å². The number of aliphatic hydroxyl groups excluding tert-OH is 1. The SMILES string of the molecule is COCc1nc(Cl)cc(NC(CO)Cc2ccccc2)n1. The summed E-state index contributed by atoms with van der Waals surface area (Å²) in [4.78, 5) is 8.38. The molecule has 21 heavy (non-hydrogen) atoms. The summed E-state index contributed by atoms with van der Waals surface area (Å²) >= 11 is 5.96. The van der Waals surface area contributed by atoms with E-state index in [4.69, 9.17) is 16.3 Å². The van der Waals surface area contributed by atoms with E-state index in [0.29, 0.717) is 23.2 Å². The molecule has 0 fully saturated rings. The smallest absolute Gasteiger partial charge is 0.158 e. The number of halogens is 1. The van der Waals surface area contributed by atoms with Crippen molar-refractivity contribution in [3.8, 4) is 0 Å².